The van der Waals surface area contributed by atoms with E-state index in [1.165, 1.54) is 11.3 Å². The smallest absolute Gasteiger partial charge is 0.227 e. The van der Waals surface area contributed by atoms with E-state index in [0.717, 1.165) is 52.1 Å². The summed E-state index contributed by atoms with van der Waals surface area (Å²) in [5, 5.41) is 11.3. The molecule has 28 heavy (non-hydrogen) atoms. The van der Waals surface area contributed by atoms with E-state index in [4.69, 9.17) is 0 Å². The van der Waals surface area contributed by atoms with Crippen LogP contribution in [0.3, 0.4) is 0 Å². The number of β-amino-alcohol motifs (C(OH)–C–C–N with tert-alkyl or cyclic N) is 1. The second kappa shape index (κ2) is 8.80. The molecule has 1 N–H and O–H groups in total. The molecular formula is C22H36N4O2. The van der Waals surface area contributed by atoms with Crippen LogP contribution in [0.4, 0.5) is 5.69 Å². The van der Waals surface area contributed by atoms with Crippen LogP contribution in [-0.4, -0.2) is 98.3 Å². The number of piperidine rings is 1. The third-order valence-corrected chi connectivity index (χ3v) is 6.27. The Labute approximate surface area is 169 Å². The SMILES string of the molecule is Cc1ccccc1N1CCC(O)(CN2CCN(C)C[C@@H](C(=O)N(C)C)C2)CC1. The normalized spacial score (nSPS) is 24.0. The van der Waals surface area contributed by atoms with Gasteiger partial charge in [-0.3, -0.25) is 9.69 Å². The molecule has 2 saturated heterocycles. The van der Waals surface area contributed by atoms with Crippen LogP contribution >= 0.6 is 0 Å². The quantitative estimate of drug-likeness (QED) is 0.842. The Morgan fingerprint density at radius 3 is 2.46 bits per heavy atom. The van der Waals surface area contributed by atoms with E-state index < -0.39 is 5.60 Å². The highest BCUT2D eigenvalue weighted by atomic mass is 16.3. The van der Waals surface area contributed by atoms with Crippen molar-refractivity contribution in [2.75, 3.05) is 71.9 Å². The second-order valence-electron chi connectivity index (χ2n) is 8.92. The molecule has 2 aliphatic heterocycles. The molecule has 0 spiro atoms. The maximum absolute atomic E-state index is 12.5. The fraction of sp³-hybridized carbons (Fsp3) is 0.682. The molecule has 0 aromatic heterocycles. The van der Waals surface area contributed by atoms with E-state index in [1.807, 2.05) is 14.1 Å². The molecule has 6 nitrogen and oxygen atoms in total. The number of hydrogen-bond acceptors (Lipinski definition) is 5. The molecule has 1 aromatic carbocycles. The van der Waals surface area contributed by atoms with Crippen LogP contribution in [0.1, 0.15) is 18.4 Å². The number of rotatable bonds is 4. The van der Waals surface area contributed by atoms with Crippen molar-refractivity contribution in [1.29, 1.82) is 0 Å². The van der Waals surface area contributed by atoms with Crippen LogP contribution in [0.25, 0.3) is 0 Å². The first-order valence-electron chi connectivity index (χ1n) is 10.4. The maximum Gasteiger partial charge on any atom is 0.227 e. The number of likely N-dealkylation sites (N-methyl/N-ethyl adjacent to an activating group) is 1. The second-order valence-corrected chi connectivity index (χ2v) is 8.92. The van der Waals surface area contributed by atoms with Gasteiger partial charge in [0.05, 0.1) is 11.5 Å². The van der Waals surface area contributed by atoms with Gasteiger partial charge in [-0.2, -0.15) is 0 Å². The van der Waals surface area contributed by atoms with Crippen LogP contribution in [0.15, 0.2) is 24.3 Å². The van der Waals surface area contributed by atoms with Crippen molar-refractivity contribution in [3.05, 3.63) is 29.8 Å². The van der Waals surface area contributed by atoms with Gasteiger partial charge < -0.3 is 19.8 Å². The molecule has 0 saturated carbocycles. The third-order valence-electron chi connectivity index (χ3n) is 6.27. The van der Waals surface area contributed by atoms with E-state index >= 15 is 0 Å². The summed E-state index contributed by atoms with van der Waals surface area (Å²) in [5.74, 6) is 0.151. The summed E-state index contributed by atoms with van der Waals surface area (Å²) in [6.45, 7) is 7.88. The van der Waals surface area contributed by atoms with Gasteiger partial charge in [-0.15, -0.1) is 0 Å². The number of carbonyl (C=O) groups is 1. The van der Waals surface area contributed by atoms with Crippen molar-refractivity contribution < 1.29 is 9.90 Å². The lowest BCUT2D eigenvalue weighted by Gasteiger charge is -2.42. The molecule has 2 fully saturated rings. The summed E-state index contributed by atoms with van der Waals surface area (Å²) in [7, 11) is 5.73. The molecule has 1 amide bonds. The Kier molecular flexibility index (Phi) is 6.63. The number of amides is 1. The highest BCUT2D eigenvalue weighted by Gasteiger charge is 2.36. The fourth-order valence-corrected chi connectivity index (χ4v) is 4.56. The molecule has 0 radical (unpaired) electrons. The molecule has 2 aliphatic rings. The van der Waals surface area contributed by atoms with E-state index in [9.17, 15) is 9.90 Å². The number of carbonyl (C=O) groups excluding carboxylic acids is 1. The Bertz CT molecular complexity index is 670. The first kappa shape index (κ1) is 21.1. The van der Waals surface area contributed by atoms with Gasteiger partial charge in [-0.1, -0.05) is 18.2 Å². The predicted octanol–water partition coefficient (Wildman–Crippen LogP) is 1.28. The van der Waals surface area contributed by atoms with Gasteiger partial charge in [-0.05, 0) is 38.4 Å². The number of aliphatic hydroxyl groups is 1. The fourth-order valence-electron chi connectivity index (χ4n) is 4.56. The van der Waals surface area contributed by atoms with E-state index in [-0.39, 0.29) is 11.8 Å². The average Bonchev–Trinajstić information content (AvgIpc) is 2.83. The minimum absolute atomic E-state index is 0.0295. The zero-order chi connectivity index (χ0) is 20.3. The van der Waals surface area contributed by atoms with Gasteiger partial charge in [0.2, 0.25) is 5.91 Å². The number of aryl methyl sites for hydroxylation is 1. The number of benzene rings is 1. The van der Waals surface area contributed by atoms with E-state index in [1.54, 1.807) is 4.90 Å². The van der Waals surface area contributed by atoms with Gasteiger partial charge in [0.15, 0.2) is 0 Å². The van der Waals surface area contributed by atoms with Gasteiger partial charge in [0.1, 0.15) is 0 Å². The summed E-state index contributed by atoms with van der Waals surface area (Å²) < 4.78 is 0. The van der Waals surface area contributed by atoms with Crippen molar-refractivity contribution in [3.63, 3.8) is 0 Å². The molecule has 3 rings (SSSR count). The topological polar surface area (TPSA) is 50.3 Å². The Morgan fingerprint density at radius 1 is 1.14 bits per heavy atom. The van der Waals surface area contributed by atoms with Crippen molar-refractivity contribution in [1.82, 2.24) is 14.7 Å². The zero-order valence-corrected chi connectivity index (χ0v) is 17.9. The lowest BCUT2D eigenvalue weighted by molar-refractivity contribution is -0.134. The number of anilines is 1. The summed E-state index contributed by atoms with van der Waals surface area (Å²) in [6.07, 6.45) is 1.53. The minimum atomic E-state index is -0.673. The molecule has 1 aromatic rings. The van der Waals surface area contributed by atoms with Crippen molar-refractivity contribution >= 4 is 11.6 Å². The number of para-hydroxylation sites is 1. The number of hydrogen-bond donors (Lipinski definition) is 1. The molecule has 6 heteroatoms. The van der Waals surface area contributed by atoms with Crippen LogP contribution in [0.2, 0.25) is 0 Å². The molecule has 0 unspecified atom stereocenters. The summed E-state index contributed by atoms with van der Waals surface area (Å²) in [6, 6.07) is 8.47. The first-order chi connectivity index (χ1) is 13.3. The van der Waals surface area contributed by atoms with E-state index in [0.29, 0.717) is 6.54 Å². The number of nitrogens with zero attached hydrogens (tertiary/aromatic N) is 4. The van der Waals surface area contributed by atoms with Crippen molar-refractivity contribution in [2.24, 2.45) is 5.92 Å². The largest absolute Gasteiger partial charge is 0.388 e. The van der Waals surface area contributed by atoms with Crippen LogP contribution in [0.5, 0.6) is 0 Å². The van der Waals surface area contributed by atoms with Gasteiger partial charge >= 0.3 is 0 Å². The Morgan fingerprint density at radius 2 is 1.82 bits per heavy atom. The lowest BCUT2D eigenvalue weighted by Crippen LogP contribution is -2.52. The molecule has 0 aliphatic carbocycles. The van der Waals surface area contributed by atoms with E-state index in [2.05, 4.69) is 52.9 Å². The molecular weight excluding hydrogens is 352 g/mol. The van der Waals surface area contributed by atoms with Crippen LogP contribution in [-0.2, 0) is 4.79 Å². The monoisotopic (exact) mass is 388 g/mol. The lowest BCUT2D eigenvalue weighted by atomic mass is 9.90. The van der Waals surface area contributed by atoms with Crippen LogP contribution in [0, 0.1) is 12.8 Å². The zero-order valence-electron chi connectivity index (χ0n) is 17.9. The Hall–Kier alpha value is -1.63. The molecule has 0 bridgehead atoms. The molecule has 2 heterocycles. The average molecular weight is 389 g/mol. The van der Waals surface area contributed by atoms with Gasteiger partial charge in [0.25, 0.3) is 0 Å². The molecule has 1 atom stereocenters. The Balaban J connectivity index is 1.61. The molecule has 156 valence electrons. The third kappa shape index (κ3) is 5.04. The summed E-state index contributed by atoms with van der Waals surface area (Å²) in [5.41, 5.74) is 1.89. The van der Waals surface area contributed by atoms with Crippen molar-refractivity contribution in [2.45, 2.75) is 25.4 Å². The standard InChI is InChI=1S/C22H36N4O2/c1-18-7-5-6-8-20(18)26-11-9-22(28,10-12-26)17-25-14-13-24(4)15-19(16-25)21(27)23(2)3/h5-8,19,28H,9-17H2,1-4H3/t19-/m1/s1. The minimum Gasteiger partial charge on any atom is -0.388 e. The first-order valence-corrected chi connectivity index (χ1v) is 10.4. The predicted molar refractivity (Wildman–Crippen MR) is 114 cm³/mol. The van der Waals surface area contributed by atoms with Crippen molar-refractivity contribution in [3.8, 4) is 0 Å². The maximum atomic E-state index is 12.5. The van der Waals surface area contributed by atoms with Gasteiger partial charge in [-0.25, -0.2) is 0 Å². The summed E-state index contributed by atoms with van der Waals surface area (Å²) in [4.78, 5) is 21.2. The summed E-state index contributed by atoms with van der Waals surface area (Å²) >= 11 is 0. The van der Waals surface area contributed by atoms with Gasteiger partial charge in [0, 0.05) is 65.6 Å². The van der Waals surface area contributed by atoms with Crippen LogP contribution < -0.4 is 4.90 Å². The highest BCUT2D eigenvalue weighted by Crippen LogP contribution is 2.29. The highest BCUT2D eigenvalue weighted by molar-refractivity contribution is 5.78.